The number of carbonyl (C=O) groups is 2. The first-order chi connectivity index (χ1) is 18.5. The lowest BCUT2D eigenvalue weighted by Gasteiger charge is -2.39. The van der Waals surface area contributed by atoms with Crippen molar-refractivity contribution >= 4 is 11.8 Å². The number of hydrogen-bond donors (Lipinski definition) is 2. The number of halogens is 2. The Labute approximate surface area is 230 Å². The number of amides is 2. The lowest BCUT2D eigenvalue weighted by molar-refractivity contribution is -0.150. The van der Waals surface area contributed by atoms with Crippen molar-refractivity contribution in [3.8, 4) is 11.1 Å². The number of nitrogens with one attached hydrogen (secondary N) is 1. The summed E-state index contributed by atoms with van der Waals surface area (Å²) in [6.45, 7) is 5.09. The van der Waals surface area contributed by atoms with E-state index in [2.05, 4.69) is 10.3 Å². The Balaban J connectivity index is 1.65. The first kappa shape index (κ1) is 29.1. The first-order valence-electron chi connectivity index (χ1n) is 14.0. The average Bonchev–Trinajstić information content (AvgIpc) is 3.43. The zero-order chi connectivity index (χ0) is 28.3. The fraction of sp³-hybridized carbons (Fsp3) is 0.567. The number of carbonyl (C=O) groups excluding carboxylic acids is 2. The summed E-state index contributed by atoms with van der Waals surface area (Å²) in [6, 6.07) is 5.18. The van der Waals surface area contributed by atoms with Crippen LogP contribution < -0.4 is 11.2 Å². The van der Waals surface area contributed by atoms with Crippen LogP contribution in [0.25, 0.3) is 11.1 Å². The summed E-state index contributed by atoms with van der Waals surface area (Å²) in [5.41, 5.74) is 3.10. The summed E-state index contributed by atoms with van der Waals surface area (Å²) in [5.74, 6) is 3.04. The highest BCUT2D eigenvalue weighted by molar-refractivity contribution is 5.90. The van der Waals surface area contributed by atoms with E-state index < -0.39 is 18.0 Å². The van der Waals surface area contributed by atoms with Gasteiger partial charge in [-0.15, -0.1) is 0 Å². The number of benzene rings is 1. The second-order valence-corrected chi connectivity index (χ2v) is 11.2. The number of aryl methyl sites for hydroxylation is 1. The SMILES string of the molecule is CNC(C)C(=O)N(N)C(C(=O)N1CCCC1c1cncc(-c2cc(C(C)(F)F)ccc2C)c1)C1CCCCC1. The van der Waals surface area contributed by atoms with Crippen LogP contribution in [-0.2, 0) is 15.5 Å². The molecule has 39 heavy (non-hydrogen) atoms. The lowest BCUT2D eigenvalue weighted by atomic mass is 9.82. The molecule has 1 aromatic carbocycles. The number of nitrogens with zero attached hydrogens (tertiary/aromatic N) is 3. The quantitative estimate of drug-likeness (QED) is 0.276. The van der Waals surface area contributed by atoms with E-state index in [9.17, 15) is 18.4 Å². The Kier molecular flexibility index (Phi) is 9.01. The molecule has 0 spiro atoms. The minimum Gasteiger partial charge on any atom is -0.334 e. The molecule has 3 N–H and O–H groups in total. The van der Waals surface area contributed by atoms with Crippen LogP contribution in [0.4, 0.5) is 8.78 Å². The zero-order valence-electron chi connectivity index (χ0n) is 23.4. The summed E-state index contributed by atoms with van der Waals surface area (Å²) in [5, 5.41) is 4.10. The van der Waals surface area contributed by atoms with Gasteiger partial charge in [0.1, 0.15) is 6.04 Å². The molecule has 4 rings (SSSR count). The van der Waals surface area contributed by atoms with Crippen molar-refractivity contribution in [2.75, 3.05) is 13.6 Å². The lowest BCUT2D eigenvalue weighted by Crippen LogP contribution is -2.60. The third-order valence-corrected chi connectivity index (χ3v) is 8.44. The van der Waals surface area contributed by atoms with Gasteiger partial charge in [0.2, 0.25) is 5.91 Å². The van der Waals surface area contributed by atoms with E-state index in [1.54, 1.807) is 32.4 Å². The highest BCUT2D eigenvalue weighted by Gasteiger charge is 2.42. The van der Waals surface area contributed by atoms with Gasteiger partial charge in [-0.05, 0) is 81.3 Å². The number of likely N-dealkylation sites (N-methyl/N-ethyl adjacent to an activating group) is 1. The number of aromatic nitrogens is 1. The number of pyridine rings is 1. The maximum atomic E-state index is 14.2. The van der Waals surface area contributed by atoms with Crippen molar-refractivity contribution in [1.82, 2.24) is 20.2 Å². The van der Waals surface area contributed by atoms with Crippen LogP contribution in [0.3, 0.4) is 0 Å². The van der Waals surface area contributed by atoms with Gasteiger partial charge in [0.15, 0.2) is 0 Å². The van der Waals surface area contributed by atoms with Gasteiger partial charge >= 0.3 is 0 Å². The summed E-state index contributed by atoms with van der Waals surface area (Å²) in [4.78, 5) is 33.5. The number of rotatable bonds is 8. The third-order valence-electron chi connectivity index (χ3n) is 8.44. The topological polar surface area (TPSA) is 91.6 Å². The van der Waals surface area contributed by atoms with Crippen molar-refractivity contribution in [2.45, 2.75) is 89.8 Å². The Morgan fingerprint density at radius 2 is 1.85 bits per heavy atom. The standard InChI is InChI=1S/C30H41F2N5O2/c1-19-12-13-24(30(3,31)32)16-25(19)22-15-23(18-35-17-22)26-11-8-14-36(26)29(39)27(21-9-6-5-7-10-21)37(33)28(38)20(2)34-4/h12-13,15-18,20-21,26-27,34H,5-11,14,33H2,1-4H3. The van der Waals surface area contributed by atoms with Gasteiger partial charge < -0.3 is 10.2 Å². The molecule has 2 aliphatic rings. The number of hydrazine groups is 1. The number of likely N-dealkylation sites (tertiary alicyclic amines) is 1. The van der Waals surface area contributed by atoms with E-state index in [-0.39, 0.29) is 29.3 Å². The van der Waals surface area contributed by atoms with Gasteiger partial charge in [-0.25, -0.2) is 14.6 Å². The van der Waals surface area contributed by atoms with Crippen LogP contribution in [0.5, 0.6) is 0 Å². The molecular formula is C30H41F2N5O2. The molecule has 1 saturated carbocycles. The molecule has 0 bridgehead atoms. The van der Waals surface area contributed by atoms with Gasteiger partial charge in [-0.1, -0.05) is 31.4 Å². The molecule has 1 aliphatic carbocycles. The second-order valence-electron chi connectivity index (χ2n) is 11.2. The summed E-state index contributed by atoms with van der Waals surface area (Å²) in [7, 11) is 1.70. The predicted molar refractivity (Wildman–Crippen MR) is 148 cm³/mol. The van der Waals surface area contributed by atoms with E-state index in [4.69, 9.17) is 5.84 Å². The molecule has 2 fully saturated rings. The van der Waals surface area contributed by atoms with E-state index in [0.29, 0.717) is 12.1 Å². The van der Waals surface area contributed by atoms with Crippen molar-refractivity contribution in [3.05, 3.63) is 53.3 Å². The van der Waals surface area contributed by atoms with E-state index in [1.165, 1.54) is 17.1 Å². The molecule has 1 aromatic heterocycles. The molecule has 7 nitrogen and oxygen atoms in total. The predicted octanol–water partition coefficient (Wildman–Crippen LogP) is 5.09. The van der Waals surface area contributed by atoms with Crippen molar-refractivity contribution in [1.29, 1.82) is 0 Å². The Bertz CT molecular complexity index is 1180. The first-order valence-corrected chi connectivity index (χ1v) is 14.0. The maximum Gasteiger partial charge on any atom is 0.270 e. The minimum atomic E-state index is -2.95. The molecule has 0 radical (unpaired) electrons. The molecule has 1 aliphatic heterocycles. The van der Waals surface area contributed by atoms with Crippen LogP contribution >= 0.6 is 0 Å². The molecule has 3 unspecified atom stereocenters. The molecular weight excluding hydrogens is 500 g/mol. The molecule has 9 heteroatoms. The van der Waals surface area contributed by atoms with E-state index in [1.807, 2.05) is 17.9 Å². The number of hydrogen-bond acceptors (Lipinski definition) is 5. The van der Waals surface area contributed by atoms with Crippen LogP contribution in [0.15, 0.2) is 36.7 Å². The Hall–Kier alpha value is -2.91. The monoisotopic (exact) mass is 541 g/mol. The van der Waals surface area contributed by atoms with Crippen LogP contribution in [0.1, 0.15) is 81.5 Å². The summed E-state index contributed by atoms with van der Waals surface area (Å²) >= 11 is 0. The molecule has 3 atom stereocenters. The van der Waals surface area contributed by atoms with Crippen LogP contribution in [0, 0.1) is 12.8 Å². The maximum absolute atomic E-state index is 14.2. The van der Waals surface area contributed by atoms with Gasteiger partial charge in [0, 0.05) is 37.0 Å². The van der Waals surface area contributed by atoms with Crippen molar-refractivity contribution in [3.63, 3.8) is 0 Å². The molecule has 2 heterocycles. The molecule has 1 saturated heterocycles. The van der Waals surface area contributed by atoms with Crippen molar-refractivity contribution < 1.29 is 18.4 Å². The van der Waals surface area contributed by atoms with Crippen LogP contribution in [-0.4, -0.2) is 52.4 Å². The van der Waals surface area contributed by atoms with Gasteiger partial charge in [-0.3, -0.25) is 19.6 Å². The third kappa shape index (κ3) is 6.30. The Morgan fingerprint density at radius 1 is 1.13 bits per heavy atom. The Morgan fingerprint density at radius 3 is 2.51 bits per heavy atom. The highest BCUT2D eigenvalue weighted by atomic mass is 19.3. The summed E-state index contributed by atoms with van der Waals surface area (Å²) in [6.07, 6.45) is 9.87. The molecule has 212 valence electrons. The van der Waals surface area contributed by atoms with Crippen LogP contribution in [0.2, 0.25) is 0 Å². The van der Waals surface area contributed by atoms with Gasteiger partial charge in [0.25, 0.3) is 11.8 Å². The largest absolute Gasteiger partial charge is 0.334 e. The second kappa shape index (κ2) is 12.1. The minimum absolute atomic E-state index is 0.0102. The molecule has 2 amide bonds. The average molecular weight is 542 g/mol. The smallest absolute Gasteiger partial charge is 0.270 e. The fourth-order valence-corrected chi connectivity index (χ4v) is 6.02. The normalized spacial score (nSPS) is 20.1. The highest BCUT2D eigenvalue weighted by Crippen LogP contribution is 2.38. The van der Waals surface area contributed by atoms with E-state index in [0.717, 1.165) is 68.6 Å². The number of alkyl halides is 2. The zero-order valence-corrected chi connectivity index (χ0v) is 23.4. The van der Waals surface area contributed by atoms with Gasteiger partial charge in [0.05, 0.1) is 12.1 Å². The summed E-state index contributed by atoms with van der Waals surface area (Å²) < 4.78 is 28.1. The van der Waals surface area contributed by atoms with E-state index >= 15 is 0 Å². The van der Waals surface area contributed by atoms with Gasteiger partial charge in [-0.2, -0.15) is 0 Å². The fourth-order valence-electron chi connectivity index (χ4n) is 6.02. The van der Waals surface area contributed by atoms with Crippen molar-refractivity contribution in [2.24, 2.45) is 11.8 Å². The number of nitrogens with two attached hydrogens (primary N) is 1. The molecule has 2 aromatic rings.